The molecule has 3 aromatic rings. The van der Waals surface area contributed by atoms with E-state index in [1.165, 1.54) is 6.92 Å². The highest BCUT2D eigenvalue weighted by Gasteiger charge is 2.08. The van der Waals surface area contributed by atoms with Crippen molar-refractivity contribution in [2.45, 2.75) is 13.5 Å². The van der Waals surface area contributed by atoms with E-state index in [1.807, 2.05) is 12.1 Å². The van der Waals surface area contributed by atoms with Gasteiger partial charge in [-0.1, -0.05) is 18.2 Å². The lowest BCUT2D eigenvalue weighted by Gasteiger charge is -2.10. The van der Waals surface area contributed by atoms with Gasteiger partial charge in [-0.2, -0.15) is 0 Å². The Bertz CT molecular complexity index is 942. The van der Waals surface area contributed by atoms with Gasteiger partial charge in [0.25, 0.3) is 5.91 Å². The summed E-state index contributed by atoms with van der Waals surface area (Å²) in [6, 6.07) is 17.7. The molecule has 0 spiro atoms. The number of pyridine rings is 1. The molecular weight excluding hydrogens is 342 g/mol. The van der Waals surface area contributed by atoms with Gasteiger partial charge in [-0.05, 0) is 42.5 Å². The number of rotatable bonds is 6. The van der Waals surface area contributed by atoms with Crippen molar-refractivity contribution in [3.05, 3.63) is 84.2 Å². The first-order valence-electron chi connectivity index (χ1n) is 8.41. The topological polar surface area (TPSA) is 80.3 Å². The average molecular weight is 361 g/mol. The lowest BCUT2D eigenvalue weighted by Crippen LogP contribution is -2.12. The van der Waals surface area contributed by atoms with Crippen LogP contribution < -0.4 is 15.4 Å². The second-order valence-corrected chi connectivity index (χ2v) is 5.89. The number of carbonyl (C=O) groups excluding carboxylic acids is 2. The minimum Gasteiger partial charge on any atom is -0.489 e. The van der Waals surface area contributed by atoms with Crippen LogP contribution in [-0.4, -0.2) is 16.8 Å². The molecule has 0 atom stereocenters. The van der Waals surface area contributed by atoms with Crippen LogP contribution in [0.1, 0.15) is 22.8 Å². The quantitative estimate of drug-likeness (QED) is 0.698. The van der Waals surface area contributed by atoms with Gasteiger partial charge < -0.3 is 15.4 Å². The molecule has 1 heterocycles. The molecule has 0 aliphatic carbocycles. The second kappa shape index (κ2) is 8.62. The van der Waals surface area contributed by atoms with E-state index in [9.17, 15) is 9.59 Å². The van der Waals surface area contributed by atoms with E-state index in [0.717, 1.165) is 5.56 Å². The molecule has 3 rings (SSSR count). The zero-order valence-electron chi connectivity index (χ0n) is 14.8. The number of hydrogen-bond donors (Lipinski definition) is 2. The molecule has 0 fully saturated rings. The van der Waals surface area contributed by atoms with Crippen LogP contribution >= 0.6 is 0 Å². The highest BCUT2D eigenvalue weighted by Crippen LogP contribution is 2.19. The molecule has 1 aromatic heterocycles. The van der Waals surface area contributed by atoms with Crippen LogP contribution in [-0.2, 0) is 11.4 Å². The molecule has 136 valence electrons. The normalized spacial score (nSPS) is 10.1. The Balaban J connectivity index is 1.65. The number of benzene rings is 2. The molecule has 0 saturated heterocycles. The molecule has 0 aliphatic rings. The molecule has 0 bridgehead atoms. The van der Waals surface area contributed by atoms with E-state index in [0.29, 0.717) is 29.3 Å². The fraction of sp³-hybridized carbons (Fsp3) is 0.0952. The SMILES string of the molecule is CC(=O)Nc1cccc(NC(=O)c2cccc(OCc3cccnc3)c2)c1. The summed E-state index contributed by atoms with van der Waals surface area (Å²) in [6.07, 6.45) is 3.44. The van der Waals surface area contributed by atoms with E-state index < -0.39 is 0 Å². The molecular formula is C21H19N3O3. The van der Waals surface area contributed by atoms with Crippen molar-refractivity contribution >= 4 is 23.2 Å². The van der Waals surface area contributed by atoms with Gasteiger partial charge in [-0.3, -0.25) is 14.6 Å². The number of carbonyl (C=O) groups is 2. The van der Waals surface area contributed by atoms with E-state index in [1.54, 1.807) is 60.9 Å². The number of ether oxygens (including phenoxy) is 1. The molecule has 0 unspecified atom stereocenters. The summed E-state index contributed by atoms with van der Waals surface area (Å²) in [5.41, 5.74) is 2.63. The monoisotopic (exact) mass is 361 g/mol. The lowest BCUT2D eigenvalue weighted by molar-refractivity contribution is -0.114. The fourth-order valence-corrected chi connectivity index (χ4v) is 2.46. The number of anilines is 2. The van der Waals surface area contributed by atoms with E-state index >= 15 is 0 Å². The molecule has 0 saturated carbocycles. The first-order valence-corrected chi connectivity index (χ1v) is 8.41. The van der Waals surface area contributed by atoms with Crippen LogP contribution in [0.5, 0.6) is 5.75 Å². The minimum atomic E-state index is -0.262. The smallest absolute Gasteiger partial charge is 0.255 e. The fourth-order valence-electron chi connectivity index (χ4n) is 2.46. The summed E-state index contributed by atoms with van der Waals surface area (Å²) in [6.45, 7) is 1.81. The average Bonchev–Trinajstić information content (AvgIpc) is 2.67. The molecule has 0 radical (unpaired) electrons. The third-order valence-electron chi connectivity index (χ3n) is 3.67. The first kappa shape index (κ1) is 18.1. The molecule has 6 nitrogen and oxygen atoms in total. The maximum atomic E-state index is 12.5. The Morgan fingerprint density at radius 2 is 1.74 bits per heavy atom. The van der Waals surface area contributed by atoms with Gasteiger partial charge >= 0.3 is 0 Å². The number of hydrogen-bond acceptors (Lipinski definition) is 4. The van der Waals surface area contributed by atoms with Crippen LogP contribution in [0.3, 0.4) is 0 Å². The van der Waals surface area contributed by atoms with Crippen molar-refractivity contribution in [3.8, 4) is 5.75 Å². The van der Waals surface area contributed by atoms with Crippen LogP contribution in [0.2, 0.25) is 0 Å². The largest absolute Gasteiger partial charge is 0.489 e. The van der Waals surface area contributed by atoms with Crippen molar-refractivity contribution in [1.82, 2.24) is 4.98 Å². The molecule has 2 N–H and O–H groups in total. The van der Waals surface area contributed by atoms with Crippen LogP contribution in [0.25, 0.3) is 0 Å². The number of amides is 2. The van der Waals surface area contributed by atoms with Gasteiger partial charge in [0.1, 0.15) is 12.4 Å². The van der Waals surface area contributed by atoms with Crippen molar-refractivity contribution in [2.75, 3.05) is 10.6 Å². The molecule has 2 aromatic carbocycles. The van der Waals surface area contributed by atoms with Crippen molar-refractivity contribution < 1.29 is 14.3 Å². The molecule has 0 aliphatic heterocycles. The van der Waals surface area contributed by atoms with Crippen molar-refractivity contribution in [1.29, 1.82) is 0 Å². The Morgan fingerprint density at radius 1 is 0.963 bits per heavy atom. The maximum Gasteiger partial charge on any atom is 0.255 e. The summed E-state index contributed by atoms with van der Waals surface area (Å²) in [5, 5.41) is 5.50. The van der Waals surface area contributed by atoms with Crippen molar-refractivity contribution in [3.63, 3.8) is 0 Å². The van der Waals surface area contributed by atoms with Crippen LogP contribution in [0, 0.1) is 0 Å². The first-order chi connectivity index (χ1) is 13.1. The third-order valence-corrected chi connectivity index (χ3v) is 3.67. The van der Waals surface area contributed by atoms with Crippen LogP contribution in [0.15, 0.2) is 73.1 Å². The van der Waals surface area contributed by atoms with Crippen LogP contribution in [0.4, 0.5) is 11.4 Å². The van der Waals surface area contributed by atoms with Gasteiger partial charge in [0, 0.05) is 41.8 Å². The zero-order chi connectivity index (χ0) is 19.1. The van der Waals surface area contributed by atoms with Gasteiger partial charge in [0.2, 0.25) is 5.91 Å². The number of nitrogens with one attached hydrogen (secondary N) is 2. The summed E-state index contributed by atoms with van der Waals surface area (Å²) < 4.78 is 5.73. The van der Waals surface area contributed by atoms with Crippen molar-refractivity contribution in [2.24, 2.45) is 0 Å². The van der Waals surface area contributed by atoms with Gasteiger partial charge in [-0.25, -0.2) is 0 Å². The molecule has 2 amide bonds. The third kappa shape index (κ3) is 5.40. The van der Waals surface area contributed by atoms with E-state index in [2.05, 4.69) is 15.6 Å². The predicted octanol–water partition coefficient (Wildman–Crippen LogP) is 3.87. The Hall–Kier alpha value is -3.67. The standard InChI is InChI=1S/C21H19N3O3/c1-15(25)23-18-7-3-8-19(12-18)24-21(26)17-6-2-9-20(11-17)27-14-16-5-4-10-22-13-16/h2-13H,14H2,1H3,(H,23,25)(H,24,26). The van der Waals surface area contributed by atoms with Gasteiger partial charge in [-0.15, -0.1) is 0 Å². The number of aromatic nitrogens is 1. The van der Waals surface area contributed by atoms with Gasteiger partial charge in [0.15, 0.2) is 0 Å². The lowest BCUT2D eigenvalue weighted by atomic mass is 10.2. The minimum absolute atomic E-state index is 0.169. The predicted molar refractivity (Wildman–Crippen MR) is 104 cm³/mol. The van der Waals surface area contributed by atoms with E-state index in [-0.39, 0.29) is 11.8 Å². The highest BCUT2D eigenvalue weighted by atomic mass is 16.5. The summed E-state index contributed by atoms with van der Waals surface area (Å²) >= 11 is 0. The van der Waals surface area contributed by atoms with Gasteiger partial charge in [0.05, 0.1) is 0 Å². The summed E-state index contributed by atoms with van der Waals surface area (Å²) in [5.74, 6) is 0.164. The molecule has 6 heteroatoms. The Kier molecular flexibility index (Phi) is 5.79. The van der Waals surface area contributed by atoms with E-state index in [4.69, 9.17) is 4.74 Å². The highest BCUT2D eigenvalue weighted by molar-refractivity contribution is 6.04. The molecule has 27 heavy (non-hydrogen) atoms. The summed E-state index contributed by atoms with van der Waals surface area (Å²) in [7, 11) is 0. The Morgan fingerprint density at radius 3 is 2.48 bits per heavy atom. The summed E-state index contributed by atoms with van der Waals surface area (Å²) in [4.78, 5) is 27.7. The number of nitrogens with zero attached hydrogens (tertiary/aromatic N) is 1. The second-order valence-electron chi connectivity index (χ2n) is 5.89. The zero-order valence-corrected chi connectivity index (χ0v) is 14.8. The maximum absolute atomic E-state index is 12.5. The Labute approximate surface area is 157 Å².